The molecule has 6 rings (SSSR count). The Morgan fingerprint density at radius 3 is 2.48 bits per heavy atom. The summed E-state index contributed by atoms with van der Waals surface area (Å²) in [4.78, 5) is 9.26. The van der Waals surface area contributed by atoms with Gasteiger partial charge in [0.15, 0.2) is 6.29 Å². The van der Waals surface area contributed by atoms with E-state index < -0.39 is 12.1 Å². The third-order valence-electron chi connectivity index (χ3n) is 7.73. The summed E-state index contributed by atoms with van der Waals surface area (Å²) in [7, 11) is 0. The van der Waals surface area contributed by atoms with Crippen LogP contribution in [0.4, 0.5) is 8.78 Å². The standard InChI is InChI=1S/C33H31F2N3O4/c1-20-6-7-24(25(34)14-20)18-41-31-5-3-4-27(37-31)22-9-8-21(26(35)15-22)17-30-36-28-11-10-23(32(39)40)16-29(28)38(30)19-33(2)12-13-42-33/h3-11,14-16,32,39-40H,12-13,17-19H2,1-2H3/t33-/m0/s1. The molecule has 42 heavy (non-hydrogen) atoms. The highest BCUT2D eigenvalue weighted by Gasteiger charge is 2.35. The van der Waals surface area contributed by atoms with Gasteiger partial charge in [-0.25, -0.2) is 18.7 Å². The second kappa shape index (κ2) is 11.2. The zero-order chi connectivity index (χ0) is 29.4. The van der Waals surface area contributed by atoms with Crippen LogP contribution < -0.4 is 4.74 Å². The molecule has 5 aromatic rings. The summed E-state index contributed by atoms with van der Waals surface area (Å²) in [5.74, 6) is 0.219. The van der Waals surface area contributed by atoms with E-state index in [1.165, 1.54) is 12.1 Å². The number of aliphatic hydroxyl groups excluding tert-OH is 1. The van der Waals surface area contributed by atoms with Crippen LogP contribution in [0, 0.1) is 18.6 Å². The van der Waals surface area contributed by atoms with Gasteiger partial charge in [0.05, 0.1) is 35.5 Å². The van der Waals surface area contributed by atoms with Crippen LogP contribution in [0.3, 0.4) is 0 Å². The Labute approximate surface area is 242 Å². The minimum Gasteiger partial charge on any atom is -0.473 e. The fourth-order valence-corrected chi connectivity index (χ4v) is 5.17. The van der Waals surface area contributed by atoms with E-state index in [2.05, 4.69) is 4.98 Å². The minimum atomic E-state index is -1.61. The third-order valence-corrected chi connectivity index (χ3v) is 7.73. The van der Waals surface area contributed by atoms with E-state index in [0.29, 0.717) is 58.3 Å². The molecule has 0 saturated carbocycles. The molecule has 216 valence electrons. The van der Waals surface area contributed by atoms with Crippen LogP contribution in [0.25, 0.3) is 22.3 Å². The molecule has 3 heterocycles. The van der Waals surface area contributed by atoms with Crippen molar-refractivity contribution in [2.45, 2.75) is 51.7 Å². The first kappa shape index (κ1) is 28.0. The molecule has 1 aliphatic heterocycles. The number of aromatic nitrogens is 3. The summed E-state index contributed by atoms with van der Waals surface area (Å²) in [5, 5.41) is 19.4. The lowest BCUT2D eigenvalue weighted by atomic mass is 9.97. The summed E-state index contributed by atoms with van der Waals surface area (Å²) in [6, 6.07) is 20.2. The predicted molar refractivity (Wildman–Crippen MR) is 154 cm³/mol. The zero-order valence-corrected chi connectivity index (χ0v) is 23.3. The molecule has 9 heteroatoms. The van der Waals surface area contributed by atoms with Gasteiger partial charge in [-0.1, -0.05) is 36.4 Å². The van der Waals surface area contributed by atoms with E-state index in [-0.39, 0.29) is 24.4 Å². The van der Waals surface area contributed by atoms with E-state index in [4.69, 9.17) is 14.5 Å². The lowest BCUT2D eigenvalue weighted by Gasteiger charge is -2.39. The van der Waals surface area contributed by atoms with Gasteiger partial charge in [-0.2, -0.15) is 0 Å². The predicted octanol–water partition coefficient (Wildman–Crippen LogP) is 6.02. The van der Waals surface area contributed by atoms with Crippen molar-refractivity contribution in [3.8, 4) is 17.1 Å². The van der Waals surface area contributed by atoms with Crippen molar-refractivity contribution in [2.75, 3.05) is 6.61 Å². The summed E-state index contributed by atoms with van der Waals surface area (Å²) < 4.78 is 43.2. The topological polar surface area (TPSA) is 89.6 Å². The Morgan fingerprint density at radius 1 is 0.976 bits per heavy atom. The van der Waals surface area contributed by atoms with E-state index in [1.807, 2.05) is 24.5 Å². The number of hydrogen-bond donors (Lipinski definition) is 2. The Bertz CT molecular complexity index is 1760. The Morgan fingerprint density at radius 2 is 1.76 bits per heavy atom. The normalized spacial score (nSPS) is 16.6. The zero-order valence-electron chi connectivity index (χ0n) is 23.3. The highest BCUT2D eigenvalue weighted by molar-refractivity contribution is 5.77. The fourth-order valence-electron chi connectivity index (χ4n) is 5.17. The highest BCUT2D eigenvalue weighted by Crippen LogP contribution is 2.32. The van der Waals surface area contributed by atoms with Gasteiger partial charge < -0.3 is 24.3 Å². The molecular weight excluding hydrogens is 540 g/mol. The van der Waals surface area contributed by atoms with Crippen LogP contribution in [0.15, 0.2) is 72.8 Å². The summed E-state index contributed by atoms with van der Waals surface area (Å²) in [6.07, 6.45) is -0.497. The van der Waals surface area contributed by atoms with Gasteiger partial charge in [-0.05, 0) is 55.3 Å². The first-order chi connectivity index (χ1) is 20.2. The third kappa shape index (κ3) is 5.76. The molecule has 7 nitrogen and oxygen atoms in total. The molecule has 1 saturated heterocycles. The fraction of sp³-hybridized carbons (Fsp3) is 0.273. The number of aryl methyl sites for hydroxylation is 1. The maximum atomic E-state index is 15.5. The highest BCUT2D eigenvalue weighted by atomic mass is 19.1. The van der Waals surface area contributed by atoms with Crippen LogP contribution in [0.5, 0.6) is 5.88 Å². The van der Waals surface area contributed by atoms with Crippen LogP contribution in [-0.2, 0) is 24.3 Å². The molecular formula is C33H31F2N3O4. The summed E-state index contributed by atoms with van der Waals surface area (Å²) in [5.41, 5.74) is 4.22. The number of halogens is 2. The van der Waals surface area contributed by atoms with E-state index in [9.17, 15) is 14.6 Å². The minimum absolute atomic E-state index is 0.0275. The first-order valence-corrected chi connectivity index (χ1v) is 13.8. The molecule has 0 aliphatic carbocycles. The maximum absolute atomic E-state index is 15.5. The van der Waals surface area contributed by atoms with Gasteiger partial charge in [-0.3, -0.25) is 0 Å². The van der Waals surface area contributed by atoms with Crippen molar-refractivity contribution in [1.29, 1.82) is 0 Å². The summed E-state index contributed by atoms with van der Waals surface area (Å²) in [6.45, 7) is 5.06. The number of pyridine rings is 1. The number of benzene rings is 3. The Hall–Kier alpha value is -4.18. The number of hydrogen-bond acceptors (Lipinski definition) is 6. The average Bonchev–Trinajstić information content (AvgIpc) is 3.28. The number of ether oxygens (including phenoxy) is 2. The largest absolute Gasteiger partial charge is 0.473 e. The maximum Gasteiger partial charge on any atom is 0.214 e. The Balaban J connectivity index is 1.25. The molecule has 2 aromatic heterocycles. The van der Waals surface area contributed by atoms with E-state index in [0.717, 1.165) is 17.5 Å². The van der Waals surface area contributed by atoms with Gasteiger partial charge in [-0.15, -0.1) is 0 Å². The van der Waals surface area contributed by atoms with Crippen molar-refractivity contribution >= 4 is 11.0 Å². The van der Waals surface area contributed by atoms with Crippen molar-refractivity contribution in [3.05, 3.63) is 113 Å². The number of imidazole rings is 1. The van der Waals surface area contributed by atoms with Gasteiger partial charge in [0.1, 0.15) is 24.1 Å². The molecule has 2 N–H and O–H groups in total. The number of fused-ring (bicyclic) bond motifs is 1. The average molecular weight is 572 g/mol. The summed E-state index contributed by atoms with van der Waals surface area (Å²) >= 11 is 0. The van der Waals surface area contributed by atoms with Crippen molar-refractivity contribution < 1.29 is 28.5 Å². The van der Waals surface area contributed by atoms with Gasteiger partial charge in [0.25, 0.3) is 0 Å². The first-order valence-electron chi connectivity index (χ1n) is 13.8. The quantitative estimate of drug-likeness (QED) is 0.211. The molecule has 1 fully saturated rings. The second-order valence-electron chi connectivity index (χ2n) is 11.0. The Kier molecular flexibility index (Phi) is 7.49. The second-order valence-corrected chi connectivity index (χ2v) is 11.0. The number of rotatable bonds is 9. The van der Waals surface area contributed by atoms with Gasteiger partial charge >= 0.3 is 0 Å². The number of aliphatic hydroxyl groups is 2. The van der Waals surface area contributed by atoms with Gasteiger partial charge in [0.2, 0.25) is 5.88 Å². The smallest absolute Gasteiger partial charge is 0.214 e. The van der Waals surface area contributed by atoms with Crippen LogP contribution in [-0.4, -0.2) is 37.0 Å². The van der Waals surface area contributed by atoms with Crippen molar-refractivity contribution in [1.82, 2.24) is 14.5 Å². The molecule has 0 amide bonds. The molecule has 0 bridgehead atoms. The lowest BCUT2D eigenvalue weighted by molar-refractivity contribution is -0.142. The molecule has 3 aromatic carbocycles. The van der Waals surface area contributed by atoms with Crippen LogP contribution in [0.2, 0.25) is 0 Å². The lowest BCUT2D eigenvalue weighted by Crippen LogP contribution is -2.44. The van der Waals surface area contributed by atoms with E-state index >= 15 is 4.39 Å². The van der Waals surface area contributed by atoms with Crippen LogP contribution >= 0.6 is 0 Å². The van der Waals surface area contributed by atoms with Gasteiger partial charge in [0, 0.05) is 35.6 Å². The monoisotopic (exact) mass is 571 g/mol. The molecule has 0 radical (unpaired) electrons. The molecule has 1 aliphatic rings. The van der Waals surface area contributed by atoms with Crippen molar-refractivity contribution in [2.24, 2.45) is 0 Å². The number of nitrogens with zero attached hydrogens (tertiary/aromatic N) is 3. The molecule has 0 unspecified atom stereocenters. The van der Waals surface area contributed by atoms with Crippen LogP contribution in [0.1, 0.15) is 47.7 Å². The SMILES string of the molecule is Cc1ccc(COc2cccc(-c3ccc(Cc4nc5ccc(C(O)O)cc5n4C[C@]4(C)CCO4)c(F)c3)n2)c(F)c1. The molecule has 0 spiro atoms. The van der Waals surface area contributed by atoms with E-state index in [1.54, 1.807) is 54.6 Å². The van der Waals surface area contributed by atoms with Crippen molar-refractivity contribution in [3.63, 3.8) is 0 Å². The molecule has 1 atom stereocenters.